The van der Waals surface area contributed by atoms with Gasteiger partial charge < -0.3 is 9.58 Å². The van der Waals surface area contributed by atoms with Gasteiger partial charge in [0.2, 0.25) is 6.54 Å². The fourth-order valence-corrected chi connectivity index (χ4v) is 1.08. The Morgan fingerprint density at radius 1 is 1.40 bits per heavy atom. The van der Waals surface area contributed by atoms with Gasteiger partial charge in [0, 0.05) is 12.5 Å². The van der Waals surface area contributed by atoms with Crippen LogP contribution in [0.4, 0.5) is 13.2 Å². The fourth-order valence-electron chi connectivity index (χ4n) is 1.08. The molecule has 0 saturated heterocycles. The Kier molecular flexibility index (Phi) is 3.98. The Labute approximate surface area is 85.1 Å². The molecule has 80 valence electrons. The highest BCUT2D eigenvalue weighted by atomic mass is 19.3. The molecule has 0 spiro atoms. The van der Waals surface area contributed by atoms with E-state index in [0.717, 1.165) is 6.07 Å². The van der Waals surface area contributed by atoms with Crippen LogP contribution < -0.4 is 4.74 Å². The molecule has 0 bridgehead atoms. The molecule has 0 amide bonds. The topological polar surface area (TPSA) is 13.6 Å². The van der Waals surface area contributed by atoms with Gasteiger partial charge in [-0.1, -0.05) is 6.07 Å². The molecular formula is C10H8F3NO. The third-order valence-electron chi connectivity index (χ3n) is 1.74. The van der Waals surface area contributed by atoms with Crippen molar-refractivity contribution in [3.05, 3.63) is 41.0 Å². The van der Waals surface area contributed by atoms with Gasteiger partial charge in [-0.05, 0) is 11.6 Å². The van der Waals surface area contributed by atoms with Crippen LogP contribution in [0.5, 0.6) is 5.75 Å². The molecule has 0 N–H and O–H groups in total. The van der Waals surface area contributed by atoms with Gasteiger partial charge in [-0.2, -0.15) is 8.78 Å². The molecule has 0 radical (unpaired) electrons. The summed E-state index contributed by atoms with van der Waals surface area (Å²) < 4.78 is 40.8. The zero-order valence-electron chi connectivity index (χ0n) is 7.71. The van der Waals surface area contributed by atoms with Crippen LogP contribution >= 0.6 is 0 Å². The van der Waals surface area contributed by atoms with Crippen molar-refractivity contribution in [3.8, 4) is 5.75 Å². The summed E-state index contributed by atoms with van der Waals surface area (Å²) >= 11 is 0. The molecule has 0 atom stereocenters. The van der Waals surface area contributed by atoms with Crippen LogP contribution in [0.2, 0.25) is 0 Å². The zero-order valence-corrected chi connectivity index (χ0v) is 7.71. The third kappa shape index (κ3) is 3.50. The Morgan fingerprint density at radius 3 is 2.67 bits per heavy atom. The van der Waals surface area contributed by atoms with Gasteiger partial charge in [-0.15, -0.1) is 0 Å². The molecule has 1 aromatic carbocycles. The second-order valence-electron chi connectivity index (χ2n) is 2.76. The molecule has 0 aliphatic carbocycles. The number of alkyl halides is 2. The first kappa shape index (κ1) is 11.4. The monoisotopic (exact) mass is 215 g/mol. The normalized spacial score (nSPS) is 10.1. The smallest absolute Gasteiger partial charge is 0.387 e. The van der Waals surface area contributed by atoms with Crippen molar-refractivity contribution in [2.24, 2.45) is 0 Å². The van der Waals surface area contributed by atoms with Gasteiger partial charge in [-0.25, -0.2) is 11.0 Å². The molecule has 0 fully saturated rings. The van der Waals surface area contributed by atoms with Crippen molar-refractivity contribution in [2.75, 3.05) is 6.54 Å². The van der Waals surface area contributed by atoms with Crippen molar-refractivity contribution in [3.63, 3.8) is 0 Å². The van der Waals surface area contributed by atoms with Gasteiger partial charge in [0.1, 0.15) is 11.6 Å². The third-order valence-corrected chi connectivity index (χ3v) is 1.74. The minimum absolute atomic E-state index is 0.173. The van der Waals surface area contributed by atoms with E-state index in [0.29, 0.717) is 5.56 Å². The molecule has 2 nitrogen and oxygen atoms in total. The second-order valence-corrected chi connectivity index (χ2v) is 2.76. The summed E-state index contributed by atoms with van der Waals surface area (Å²) in [7, 11) is 0. The number of halogens is 3. The van der Waals surface area contributed by atoms with Gasteiger partial charge >= 0.3 is 6.61 Å². The van der Waals surface area contributed by atoms with Crippen LogP contribution in [-0.2, 0) is 6.42 Å². The number of hydrogen-bond donors (Lipinski definition) is 0. The molecule has 0 aliphatic rings. The first-order valence-electron chi connectivity index (χ1n) is 4.20. The van der Waals surface area contributed by atoms with Crippen LogP contribution in [0.1, 0.15) is 5.56 Å². The summed E-state index contributed by atoms with van der Waals surface area (Å²) in [4.78, 5) is 3.07. The zero-order chi connectivity index (χ0) is 11.3. The minimum atomic E-state index is -2.96. The molecule has 0 unspecified atom stereocenters. The van der Waals surface area contributed by atoms with Crippen molar-refractivity contribution < 1.29 is 17.9 Å². The highest BCUT2D eigenvalue weighted by Gasteiger charge is 2.08. The number of nitrogens with zero attached hydrogens (tertiary/aromatic N) is 1. The van der Waals surface area contributed by atoms with E-state index in [1.807, 2.05) is 0 Å². The number of benzene rings is 1. The fraction of sp³-hybridized carbons (Fsp3) is 0.300. The SMILES string of the molecule is [C-]#[N+]CCc1ccc(OC(F)F)cc1F. The van der Waals surface area contributed by atoms with Gasteiger partial charge in [0.05, 0.1) is 0 Å². The average molecular weight is 215 g/mol. The van der Waals surface area contributed by atoms with Crippen LogP contribution in [0.25, 0.3) is 4.85 Å². The van der Waals surface area contributed by atoms with Crippen molar-refractivity contribution in [2.45, 2.75) is 13.0 Å². The van der Waals surface area contributed by atoms with E-state index in [4.69, 9.17) is 6.57 Å². The maximum atomic E-state index is 13.2. The standard InChI is InChI=1S/C10H8F3NO/c1-14-5-4-7-2-3-8(6-9(7)11)15-10(12)13/h2-3,6,10H,4-5H2. The molecule has 5 heteroatoms. The van der Waals surface area contributed by atoms with E-state index in [2.05, 4.69) is 9.58 Å². The summed E-state index contributed by atoms with van der Waals surface area (Å²) in [5.41, 5.74) is 0.326. The minimum Gasteiger partial charge on any atom is -0.435 e. The lowest BCUT2D eigenvalue weighted by atomic mass is 10.1. The Balaban J connectivity index is 2.75. The Morgan fingerprint density at radius 2 is 2.13 bits per heavy atom. The van der Waals surface area contributed by atoms with Crippen molar-refractivity contribution >= 4 is 0 Å². The van der Waals surface area contributed by atoms with E-state index in [-0.39, 0.29) is 18.7 Å². The summed E-state index contributed by atoms with van der Waals surface area (Å²) in [6, 6.07) is 3.50. The summed E-state index contributed by atoms with van der Waals surface area (Å²) in [5, 5.41) is 0. The van der Waals surface area contributed by atoms with E-state index in [1.54, 1.807) is 0 Å². The predicted molar refractivity (Wildman–Crippen MR) is 48.2 cm³/mol. The molecule has 1 aromatic rings. The van der Waals surface area contributed by atoms with Crippen molar-refractivity contribution in [1.29, 1.82) is 0 Å². The highest BCUT2D eigenvalue weighted by Crippen LogP contribution is 2.18. The predicted octanol–water partition coefficient (Wildman–Crippen LogP) is 2.89. The molecule has 0 aliphatic heterocycles. The molecule has 15 heavy (non-hydrogen) atoms. The Hall–Kier alpha value is -1.70. The Bertz CT molecular complexity index is 373. The van der Waals surface area contributed by atoms with E-state index in [9.17, 15) is 13.2 Å². The van der Waals surface area contributed by atoms with Gasteiger partial charge in [0.25, 0.3) is 0 Å². The van der Waals surface area contributed by atoms with Gasteiger partial charge in [-0.3, -0.25) is 0 Å². The lowest BCUT2D eigenvalue weighted by Gasteiger charge is -2.05. The van der Waals surface area contributed by atoms with Crippen LogP contribution in [0, 0.1) is 12.4 Å². The highest BCUT2D eigenvalue weighted by molar-refractivity contribution is 5.29. The van der Waals surface area contributed by atoms with Crippen LogP contribution in [0.3, 0.4) is 0 Å². The summed E-state index contributed by atoms with van der Waals surface area (Å²) in [6.07, 6.45) is 0.268. The number of ether oxygens (including phenoxy) is 1. The van der Waals surface area contributed by atoms with E-state index >= 15 is 0 Å². The molecule has 0 saturated carbocycles. The maximum absolute atomic E-state index is 13.2. The molecule has 1 rings (SSSR count). The lowest BCUT2D eigenvalue weighted by molar-refractivity contribution is -0.0500. The number of rotatable bonds is 4. The average Bonchev–Trinajstić information content (AvgIpc) is 2.15. The quantitative estimate of drug-likeness (QED) is 0.704. The molecule has 0 heterocycles. The first-order chi connectivity index (χ1) is 7.13. The van der Waals surface area contributed by atoms with Crippen LogP contribution in [-0.4, -0.2) is 13.2 Å². The first-order valence-corrected chi connectivity index (χ1v) is 4.20. The lowest BCUT2D eigenvalue weighted by Crippen LogP contribution is -2.03. The van der Waals surface area contributed by atoms with Crippen molar-refractivity contribution in [1.82, 2.24) is 0 Å². The molecule has 0 aromatic heterocycles. The van der Waals surface area contributed by atoms with E-state index < -0.39 is 12.4 Å². The van der Waals surface area contributed by atoms with E-state index in [1.165, 1.54) is 12.1 Å². The summed E-state index contributed by atoms with van der Waals surface area (Å²) in [5.74, 6) is -0.842. The van der Waals surface area contributed by atoms with Crippen LogP contribution in [0.15, 0.2) is 18.2 Å². The summed E-state index contributed by atoms with van der Waals surface area (Å²) in [6.45, 7) is 3.75. The maximum Gasteiger partial charge on any atom is 0.387 e. The second kappa shape index (κ2) is 5.25. The van der Waals surface area contributed by atoms with Gasteiger partial charge in [0.15, 0.2) is 0 Å². The largest absolute Gasteiger partial charge is 0.435 e. The number of hydrogen-bond acceptors (Lipinski definition) is 1. The molecular weight excluding hydrogens is 207 g/mol.